The third-order valence-electron chi connectivity index (χ3n) is 7.68. The number of nitro groups is 2. The van der Waals surface area contributed by atoms with E-state index in [-0.39, 0.29) is 39.6 Å². The molecule has 0 saturated heterocycles. The van der Waals surface area contributed by atoms with Gasteiger partial charge in [-0.05, 0) is 70.9 Å². The first kappa shape index (κ1) is 34.0. The highest BCUT2D eigenvalue weighted by Crippen LogP contribution is 2.41. The molecular weight excluding hydrogens is 595 g/mol. The second-order valence-electron chi connectivity index (χ2n) is 10.5. The van der Waals surface area contributed by atoms with Crippen LogP contribution in [0.25, 0.3) is 0 Å². The van der Waals surface area contributed by atoms with Crippen molar-refractivity contribution in [2.45, 2.75) is 85.3 Å². The lowest BCUT2D eigenvalue weighted by Crippen LogP contribution is -2.32. The summed E-state index contributed by atoms with van der Waals surface area (Å²) in [5.41, 5.74) is 1.36. The lowest BCUT2D eigenvalue weighted by molar-refractivity contribution is -0.392. The molecule has 1 aliphatic carbocycles. The first-order valence-corrected chi connectivity index (χ1v) is 14.6. The van der Waals surface area contributed by atoms with Crippen LogP contribution in [0.2, 0.25) is 5.02 Å². The number of carbonyl (C=O) groups excluding carboxylic acids is 2. The summed E-state index contributed by atoms with van der Waals surface area (Å²) >= 11 is 5.97. The van der Waals surface area contributed by atoms with Gasteiger partial charge in [-0.1, -0.05) is 31.4 Å². The third-order valence-corrected chi connectivity index (χ3v) is 7.97. The maximum atomic E-state index is 14.4. The number of amides is 2. The molecule has 234 valence electrons. The van der Waals surface area contributed by atoms with Crippen LogP contribution in [-0.2, 0) is 9.59 Å². The number of halogens is 2. The van der Waals surface area contributed by atoms with E-state index in [0.29, 0.717) is 35.1 Å². The van der Waals surface area contributed by atoms with Gasteiger partial charge in [0, 0.05) is 34.9 Å². The first-order chi connectivity index (χ1) is 20.8. The molecule has 4 rings (SSSR count). The van der Waals surface area contributed by atoms with Crippen molar-refractivity contribution in [3.63, 3.8) is 0 Å². The summed E-state index contributed by atoms with van der Waals surface area (Å²) in [5.74, 6) is 0.807. The van der Waals surface area contributed by atoms with E-state index in [1.165, 1.54) is 12.1 Å². The fraction of sp³-hybridized carbons (Fsp3) is 0.419. The third kappa shape index (κ3) is 7.00. The van der Waals surface area contributed by atoms with Crippen molar-refractivity contribution in [2.24, 2.45) is 0 Å². The molecule has 0 spiro atoms. The zero-order valence-electron chi connectivity index (χ0n) is 25.2. The first-order valence-electron chi connectivity index (χ1n) is 14.2. The molecule has 2 amide bonds. The van der Waals surface area contributed by atoms with Crippen LogP contribution < -0.4 is 15.0 Å². The van der Waals surface area contributed by atoms with Gasteiger partial charge in [-0.3, -0.25) is 29.8 Å². The minimum atomic E-state index is -0.762. The minimum Gasteiger partial charge on any atom is -0.476 e. The van der Waals surface area contributed by atoms with Crippen LogP contribution in [0.3, 0.4) is 0 Å². The quantitative estimate of drug-likeness (QED) is 0.131. The van der Waals surface area contributed by atoms with Gasteiger partial charge in [-0.25, -0.2) is 9.29 Å². The molecule has 0 aromatic heterocycles. The van der Waals surface area contributed by atoms with E-state index < -0.39 is 33.6 Å². The molecule has 0 bridgehead atoms. The van der Waals surface area contributed by atoms with Gasteiger partial charge in [0.2, 0.25) is 0 Å². The van der Waals surface area contributed by atoms with Crippen LogP contribution in [0.5, 0.6) is 5.75 Å². The van der Waals surface area contributed by atoms with Crippen molar-refractivity contribution in [2.75, 3.05) is 10.2 Å². The minimum absolute atomic E-state index is 0.0109. The van der Waals surface area contributed by atoms with Gasteiger partial charge in [0.1, 0.15) is 11.6 Å². The van der Waals surface area contributed by atoms with Gasteiger partial charge in [0.25, 0.3) is 17.5 Å². The molecule has 1 N–H and O–H groups in total. The highest BCUT2D eigenvalue weighted by molar-refractivity contribution is 6.34. The number of nitrogens with one attached hydrogen (secondary N) is 1. The summed E-state index contributed by atoms with van der Waals surface area (Å²) in [5, 5.41) is 25.4. The number of ether oxygens (including phenoxy) is 1. The standard InChI is InChI=1S/C18H15ClFNO3.C13H19N3O4/c1-3-10(2)24-16-9-15(14(20)8-13(16)19)21-17(22)11-6-4-5-7-12(11)18(21)23;1-5-10(6-2)14-12-11(15(17)18)7-8(3)9(4)13(12)16(19)20/h1,8-10H,4-7H2,2H3;7,10,14H,5-6H2,1-4H3. The average Bonchev–Trinajstić information content (AvgIpc) is 3.23. The summed E-state index contributed by atoms with van der Waals surface area (Å²) in [6.07, 6.45) is 8.94. The van der Waals surface area contributed by atoms with Gasteiger partial charge in [0.15, 0.2) is 11.8 Å². The largest absolute Gasteiger partial charge is 0.476 e. The van der Waals surface area contributed by atoms with Crippen LogP contribution in [0.15, 0.2) is 29.3 Å². The molecule has 2 aliphatic rings. The average molecular weight is 629 g/mol. The number of terminal acetylenes is 1. The normalized spacial score (nSPS) is 14.9. The molecular formula is C31H34ClFN4O7. The Morgan fingerprint density at radius 3 is 2.11 bits per heavy atom. The number of nitro benzene ring substituents is 2. The van der Waals surface area contributed by atoms with E-state index in [1.54, 1.807) is 20.8 Å². The SMILES string of the molecule is C#CC(C)Oc1cc(N2C(=O)C3=C(CCCC3)C2=O)c(F)cc1Cl.CCC(CC)Nc1c([N+](=O)[O-])cc(C)c(C)c1[N+](=O)[O-]. The van der Waals surface area contributed by atoms with E-state index in [2.05, 4.69) is 11.2 Å². The van der Waals surface area contributed by atoms with E-state index >= 15 is 0 Å². The molecule has 0 saturated carbocycles. The summed E-state index contributed by atoms with van der Waals surface area (Å²) in [4.78, 5) is 47.3. The molecule has 1 unspecified atom stereocenters. The van der Waals surface area contributed by atoms with Gasteiger partial charge in [-0.2, -0.15) is 0 Å². The monoisotopic (exact) mass is 628 g/mol. The fourth-order valence-corrected chi connectivity index (χ4v) is 5.25. The number of benzene rings is 2. The molecule has 0 fully saturated rings. The maximum absolute atomic E-state index is 14.4. The lowest BCUT2D eigenvalue weighted by atomic mass is 9.93. The van der Waals surface area contributed by atoms with E-state index in [9.17, 15) is 34.2 Å². The Morgan fingerprint density at radius 1 is 1.07 bits per heavy atom. The molecule has 2 aromatic carbocycles. The van der Waals surface area contributed by atoms with E-state index in [1.807, 2.05) is 13.8 Å². The van der Waals surface area contributed by atoms with Crippen molar-refractivity contribution in [1.29, 1.82) is 0 Å². The fourth-order valence-electron chi connectivity index (χ4n) is 5.06. The Balaban J connectivity index is 0.000000245. The van der Waals surface area contributed by atoms with E-state index in [0.717, 1.165) is 36.6 Å². The van der Waals surface area contributed by atoms with Crippen LogP contribution in [0.1, 0.15) is 70.4 Å². The zero-order valence-corrected chi connectivity index (χ0v) is 25.9. The summed E-state index contributed by atoms with van der Waals surface area (Å²) < 4.78 is 19.8. The van der Waals surface area contributed by atoms with Crippen molar-refractivity contribution in [3.05, 3.63) is 71.5 Å². The van der Waals surface area contributed by atoms with Gasteiger partial charge in [-0.15, -0.1) is 6.42 Å². The van der Waals surface area contributed by atoms with E-state index in [4.69, 9.17) is 22.8 Å². The number of nitrogens with zero attached hydrogens (tertiary/aromatic N) is 3. The second kappa shape index (κ2) is 14.3. The number of anilines is 2. The van der Waals surface area contributed by atoms with Crippen LogP contribution in [-0.4, -0.2) is 33.8 Å². The molecule has 44 heavy (non-hydrogen) atoms. The molecule has 1 aliphatic heterocycles. The molecule has 2 aromatic rings. The van der Waals surface area contributed by atoms with Gasteiger partial charge >= 0.3 is 5.69 Å². The van der Waals surface area contributed by atoms with Crippen molar-refractivity contribution >= 4 is 46.2 Å². The van der Waals surface area contributed by atoms with Crippen LogP contribution in [0.4, 0.5) is 27.1 Å². The zero-order chi connectivity index (χ0) is 32.9. The summed E-state index contributed by atoms with van der Waals surface area (Å²) in [6, 6.07) is 3.62. The number of rotatable bonds is 9. The Hall–Kier alpha value is -4.50. The summed E-state index contributed by atoms with van der Waals surface area (Å²) in [6.45, 7) is 8.73. The Morgan fingerprint density at radius 2 is 1.64 bits per heavy atom. The molecule has 11 nitrogen and oxygen atoms in total. The highest BCUT2D eigenvalue weighted by atomic mass is 35.5. The van der Waals surface area contributed by atoms with Crippen LogP contribution >= 0.6 is 11.6 Å². The Kier molecular flexibility index (Phi) is 11.1. The smallest absolute Gasteiger partial charge is 0.302 e. The number of carbonyl (C=O) groups is 2. The second-order valence-corrected chi connectivity index (χ2v) is 10.9. The van der Waals surface area contributed by atoms with Gasteiger partial charge < -0.3 is 10.1 Å². The van der Waals surface area contributed by atoms with Crippen molar-refractivity contribution in [3.8, 4) is 18.1 Å². The molecule has 1 atom stereocenters. The summed E-state index contributed by atoms with van der Waals surface area (Å²) in [7, 11) is 0. The molecule has 0 radical (unpaired) electrons. The predicted octanol–water partition coefficient (Wildman–Crippen LogP) is 7.34. The number of imide groups is 1. The molecule has 1 heterocycles. The van der Waals surface area contributed by atoms with Gasteiger partial charge in [0.05, 0.1) is 20.6 Å². The van der Waals surface area contributed by atoms with Crippen LogP contribution in [0, 0.1) is 52.2 Å². The Labute approximate surface area is 259 Å². The maximum Gasteiger partial charge on any atom is 0.302 e. The highest BCUT2D eigenvalue weighted by Gasteiger charge is 2.41. The Bertz CT molecular complexity index is 1550. The number of hydrogen-bond donors (Lipinski definition) is 1. The number of aryl methyl sites for hydroxylation is 1. The lowest BCUT2D eigenvalue weighted by Gasteiger charge is -2.19. The van der Waals surface area contributed by atoms with Crippen molar-refractivity contribution < 1.29 is 28.6 Å². The van der Waals surface area contributed by atoms with Crippen molar-refractivity contribution in [1.82, 2.24) is 0 Å². The topological polar surface area (TPSA) is 145 Å². The molecule has 13 heteroatoms. The number of hydrogen-bond acceptors (Lipinski definition) is 8. The predicted molar refractivity (Wildman–Crippen MR) is 166 cm³/mol.